The van der Waals surface area contributed by atoms with Gasteiger partial charge in [0.2, 0.25) is 0 Å². The molecule has 0 aliphatic carbocycles. The van der Waals surface area contributed by atoms with E-state index in [2.05, 4.69) is 10.3 Å². The van der Waals surface area contributed by atoms with Crippen LogP contribution in [0.5, 0.6) is 0 Å². The van der Waals surface area contributed by atoms with Crippen LogP contribution in [0.1, 0.15) is 32.8 Å². The molecule has 22 heavy (non-hydrogen) atoms. The number of benzene rings is 1. The number of nitrogens with zero attached hydrogens (tertiary/aromatic N) is 1. The van der Waals surface area contributed by atoms with Gasteiger partial charge in [0.05, 0.1) is 11.9 Å². The maximum Gasteiger partial charge on any atom is 0.412 e. The number of hydrogen-bond acceptors (Lipinski definition) is 4. The number of aliphatic hydroxyl groups excluding tert-OH is 1. The van der Waals surface area contributed by atoms with Gasteiger partial charge in [-0.1, -0.05) is 18.2 Å². The number of ether oxygens (including phenoxy) is 1. The molecule has 2 rings (SSSR count). The molecule has 1 aromatic carbocycles. The number of carbonyl (C=O) groups is 1. The zero-order chi connectivity index (χ0) is 16.2. The molecule has 5 heteroatoms. The third kappa shape index (κ3) is 4.18. The number of aliphatic hydroxyl groups is 1. The summed E-state index contributed by atoms with van der Waals surface area (Å²) in [6, 6.07) is 5.90. The maximum atomic E-state index is 12.0. The van der Waals surface area contributed by atoms with Gasteiger partial charge in [-0.25, -0.2) is 4.79 Å². The van der Waals surface area contributed by atoms with Gasteiger partial charge in [0.15, 0.2) is 0 Å². The number of aromatic nitrogens is 1. The fraction of sp³-hybridized carbons (Fsp3) is 0.412. The zero-order valence-electron chi connectivity index (χ0n) is 13.2. The standard InChI is InChI=1S/C17H22N2O3/c1-17(2,3)22-16(21)19-14-11-18-10-13-7-4-6-12(15(13)14)8-5-9-20/h4,6-7,10-11,20H,5,8-9H2,1-3H3,(H,19,21). The number of nitrogens with one attached hydrogen (secondary N) is 1. The highest BCUT2D eigenvalue weighted by Crippen LogP contribution is 2.27. The third-order valence-electron chi connectivity index (χ3n) is 3.11. The molecule has 0 fully saturated rings. The number of amides is 1. The molecule has 0 spiro atoms. The van der Waals surface area contributed by atoms with E-state index >= 15 is 0 Å². The Bertz CT molecular complexity index is 657. The number of rotatable bonds is 4. The minimum Gasteiger partial charge on any atom is -0.444 e. The van der Waals surface area contributed by atoms with Gasteiger partial charge < -0.3 is 9.84 Å². The molecule has 2 N–H and O–H groups in total. The Kier molecular flexibility index (Phi) is 4.98. The van der Waals surface area contributed by atoms with E-state index in [0.29, 0.717) is 12.1 Å². The molecule has 0 atom stereocenters. The SMILES string of the molecule is CC(C)(C)OC(=O)Nc1cncc2cccc(CCCO)c12. The van der Waals surface area contributed by atoms with E-state index in [1.807, 2.05) is 39.0 Å². The van der Waals surface area contributed by atoms with Crippen LogP contribution in [0.15, 0.2) is 30.6 Å². The van der Waals surface area contributed by atoms with Crippen LogP contribution < -0.4 is 5.32 Å². The van der Waals surface area contributed by atoms with E-state index in [-0.39, 0.29) is 6.61 Å². The number of carbonyl (C=O) groups excluding carboxylic acids is 1. The fourth-order valence-corrected chi connectivity index (χ4v) is 2.30. The summed E-state index contributed by atoms with van der Waals surface area (Å²) >= 11 is 0. The predicted octanol–water partition coefficient (Wildman–Crippen LogP) is 3.51. The molecular weight excluding hydrogens is 280 g/mol. The van der Waals surface area contributed by atoms with Crippen molar-refractivity contribution in [3.8, 4) is 0 Å². The fourth-order valence-electron chi connectivity index (χ4n) is 2.30. The van der Waals surface area contributed by atoms with Crippen molar-refractivity contribution < 1.29 is 14.6 Å². The van der Waals surface area contributed by atoms with Crippen LogP contribution in [-0.4, -0.2) is 28.4 Å². The minimum atomic E-state index is -0.554. The first-order valence-electron chi connectivity index (χ1n) is 7.37. The molecular formula is C17H22N2O3. The molecule has 0 aliphatic heterocycles. The third-order valence-corrected chi connectivity index (χ3v) is 3.11. The molecule has 0 radical (unpaired) electrons. The van der Waals surface area contributed by atoms with Gasteiger partial charge >= 0.3 is 6.09 Å². The monoisotopic (exact) mass is 302 g/mol. The molecule has 1 amide bonds. The number of fused-ring (bicyclic) bond motifs is 1. The van der Waals surface area contributed by atoms with Crippen molar-refractivity contribution >= 4 is 22.6 Å². The molecule has 2 aromatic rings. The van der Waals surface area contributed by atoms with Gasteiger partial charge in [-0.3, -0.25) is 10.3 Å². The summed E-state index contributed by atoms with van der Waals surface area (Å²) < 4.78 is 5.29. The average molecular weight is 302 g/mol. The van der Waals surface area contributed by atoms with Gasteiger partial charge in [-0.15, -0.1) is 0 Å². The van der Waals surface area contributed by atoms with Gasteiger partial charge in [0, 0.05) is 23.6 Å². The molecule has 118 valence electrons. The molecule has 5 nitrogen and oxygen atoms in total. The van der Waals surface area contributed by atoms with Crippen molar-refractivity contribution in [3.63, 3.8) is 0 Å². The number of hydrogen-bond donors (Lipinski definition) is 2. The second-order valence-electron chi connectivity index (χ2n) is 6.16. The van der Waals surface area contributed by atoms with Crippen molar-refractivity contribution in [3.05, 3.63) is 36.2 Å². The maximum absolute atomic E-state index is 12.0. The Labute approximate surface area is 130 Å². The summed E-state index contributed by atoms with van der Waals surface area (Å²) in [4.78, 5) is 16.2. The number of anilines is 1. The van der Waals surface area contributed by atoms with E-state index < -0.39 is 11.7 Å². The van der Waals surface area contributed by atoms with Gasteiger partial charge in [-0.05, 0) is 39.2 Å². The highest BCUT2D eigenvalue weighted by Gasteiger charge is 2.17. The van der Waals surface area contributed by atoms with E-state index in [0.717, 1.165) is 22.8 Å². The quantitative estimate of drug-likeness (QED) is 0.906. The molecule has 0 saturated heterocycles. The van der Waals surface area contributed by atoms with Gasteiger partial charge in [-0.2, -0.15) is 0 Å². The number of aryl methyl sites for hydroxylation is 1. The lowest BCUT2D eigenvalue weighted by Gasteiger charge is -2.20. The zero-order valence-corrected chi connectivity index (χ0v) is 13.2. The lowest BCUT2D eigenvalue weighted by Crippen LogP contribution is -2.27. The first-order valence-corrected chi connectivity index (χ1v) is 7.37. The molecule has 0 saturated carbocycles. The lowest BCUT2D eigenvalue weighted by atomic mass is 10.0. The smallest absolute Gasteiger partial charge is 0.412 e. The predicted molar refractivity (Wildman–Crippen MR) is 87.0 cm³/mol. The molecule has 1 aromatic heterocycles. The summed E-state index contributed by atoms with van der Waals surface area (Å²) in [6.45, 7) is 5.60. The molecule has 0 aliphatic rings. The van der Waals surface area contributed by atoms with E-state index in [1.54, 1.807) is 12.4 Å². The Balaban J connectivity index is 2.34. The topological polar surface area (TPSA) is 71.5 Å². The van der Waals surface area contributed by atoms with Gasteiger partial charge in [0.1, 0.15) is 5.60 Å². The van der Waals surface area contributed by atoms with Crippen molar-refractivity contribution in [1.29, 1.82) is 0 Å². The Morgan fingerprint density at radius 3 is 2.77 bits per heavy atom. The first-order chi connectivity index (χ1) is 10.4. The van der Waals surface area contributed by atoms with Crippen molar-refractivity contribution in [2.45, 2.75) is 39.2 Å². The second-order valence-corrected chi connectivity index (χ2v) is 6.16. The van der Waals surface area contributed by atoms with Gasteiger partial charge in [0.25, 0.3) is 0 Å². The summed E-state index contributed by atoms with van der Waals surface area (Å²) in [7, 11) is 0. The Morgan fingerprint density at radius 1 is 1.32 bits per heavy atom. The van der Waals surface area contributed by atoms with Crippen LogP contribution >= 0.6 is 0 Å². The van der Waals surface area contributed by atoms with Crippen LogP contribution in [-0.2, 0) is 11.2 Å². The lowest BCUT2D eigenvalue weighted by molar-refractivity contribution is 0.0636. The normalized spacial score (nSPS) is 11.5. The summed E-state index contributed by atoms with van der Waals surface area (Å²) in [6.07, 6.45) is 4.29. The highest BCUT2D eigenvalue weighted by atomic mass is 16.6. The average Bonchev–Trinajstić information content (AvgIpc) is 2.43. The van der Waals surface area contributed by atoms with E-state index in [4.69, 9.17) is 9.84 Å². The van der Waals surface area contributed by atoms with Crippen molar-refractivity contribution in [2.24, 2.45) is 0 Å². The summed E-state index contributed by atoms with van der Waals surface area (Å²) in [5, 5.41) is 13.7. The largest absolute Gasteiger partial charge is 0.444 e. The second kappa shape index (κ2) is 6.75. The van der Waals surface area contributed by atoms with Crippen LogP contribution in [0.2, 0.25) is 0 Å². The Morgan fingerprint density at radius 2 is 2.09 bits per heavy atom. The summed E-state index contributed by atoms with van der Waals surface area (Å²) in [5.74, 6) is 0. The molecule has 1 heterocycles. The summed E-state index contributed by atoms with van der Waals surface area (Å²) in [5.41, 5.74) is 1.14. The molecule has 0 unspecified atom stereocenters. The van der Waals surface area contributed by atoms with Crippen LogP contribution in [0.4, 0.5) is 10.5 Å². The minimum absolute atomic E-state index is 0.135. The van der Waals surface area contributed by atoms with E-state index in [9.17, 15) is 4.79 Å². The highest BCUT2D eigenvalue weighted by molar-refractivity contribution is 6.01. The Hall–Kier alpha value is -2.14. The van der Waals surface area contributed by atoms with Crippen molar-refractivity contribution in [2.75, 3.05) is 11.9 Å². The van der Waals surface area contributed by atoms with Crippen LogP contribution in [0, 0.1) is 0 Å². The number of pyridine rings is 1. The first kappa shape index (κ1) is 16.2. The van der Waals surface area contributed by atoms with Crippen LogP contribution in [0.25, 0.3) is 10.8 Å². The van der Waals surface area contributed by atoms with Crippen molar-refractivity contribution in [1.82, 2.24) is 4.98 Å². The van der Waals surface area contributed by atoms with Crippen LogP contribution in [0.3, 0.4) is 0 Å². The molecule has 0 bridgehead atoms. The van der Waals surface area contributed by atoms with E-state index in [1.165, 1.54) is 0 Å².